The molecule has 0 bridgehead atoms. The van der Waals surface area contributed by atoms with Crippen LogP contribution in [0.25, 0.3) is 5.57 Å². The zero-order valence-corrected chi connectivity index (χ0v) is 25.1. The number of halogens is 3. The van der Waals surface area contributed by atoms with Gasteiger partial charge in [0.15, 0.2) is 0 Å². The molecule has 0 fully saturated rings. The molecule has 232 valence electrons. The predicted molar refractivity (Wildman–Crippen MR) is 170 cm³/mol. The van der Waals surface area contributed by atoms with Crippen LogP contribution in [0.1, 0.15) is 84.0 Å². The maximum atomic E-state index is 12.9. The first-order valence-electron chi connectivity index (χ1n) is 15.7. The van der Waals surface area contributed by atoms with Crippen LogP contribution in [-0.4, -0.2) is 28.9 Å². The summed E-state index contributed by atoms with van der Waals surface area (Å²) in [7, 11) is 0. The number of nitrogens with one attached hydrogen (secondary N) is 2. The number of allylic oxidation sites excluding steroid dienone is 2. The van der Waals surface area contributed by atoms with Gasteiger partial charge in [-0.3, -0.25) is 15.1 Å². The predicted octanol–water partition coefficient (Wildman–Crippen LogP) is 8.77. The molecule has 1 amide bonds. The highest BCUT2D eigenvalue weighted by Gasteiger charge is 2.30. The molecule has 0 atom stereocenters. The summed E-state index contributed by atoms with van der Waals surface area (Å²) >= 11 is 0. The van der Waals surface area contributed by atoms with Gasteiger partial charge in [0.1, 0.15) is 0 Å². The van der Waals surface area contributed by atoms with E-state index in [4.69, 9.17) is 0 Å². The Kier molecular flexibility index (Phi) is 10.8. The van der Waals surface area contributed by atoms with Crippen molar-refractivity contribution in [1.29, 1.82) is 0 Å². The Morgan fingerprint density at radius 3 is 1.98 bits per heavy atom. The monoisotopic (exact) mass is 602 g/mol. The molecule has 3 aromatic rings. The van der Waals surface area contributed by atoms with Gasteiger partial charge in [0.2, 0.25) is 0 Å². The lowest BCUT2D eigenvalue weighted by Gasteiger charge is -2.22. The van der Waals surface area contributed by atoms with Gasteiger partial charge < -0.3 is 5.32 Å². The van der Waals surface area contributed by atoms with E-state index < -0.39 is 11.7 Å². The molecule has 5 rings (SSSR count). The van der Waals surface area contributed by atoms with Crippen LogP contribution in [0.15, 0.2) is 91.3 Å². The lowest BCUT2D eigenvalue weighted by molar-refractivity contribution is -0.137. The molecule has 0 spiro atoms. The summed E-state index contributed by atoms with van der Waals surface area (Å²) in [5.41, 5.74) is 8.02. The van der Waals surface area contributed by atoms with Crippen LogP contribution in [0.3, 0.4) is 0 Å². The molecule has 5 nitrogen and oxygen atoms in total. The van der Waals surface area contributed by atoms with E-state index >= 15 is 0 Å². The van der Waals surface area contributed by atoms with Crippen molar-refractivity contribution in [3.63, 3.8) is 0 Å². The molecule has 0 radical (unpaired) electrons. The third kappa shape index (κ3) is 8.76. The van der Waals surface area contributed by atoms with Gasteiger partial charge >= 0.3 is 6.18 Å². The standard InChI is InChI=1S/C36H41F3N4O/c37-36(38,39)33-17-13-28(14-18-33)30-21-24-43(41-25-30)35(44)29-15-19-34(20-16-29)40-22-9-5-3-1-2-4-6-10-23-42-26-31-11-7-8-12-32(31)27-42/h7-8,11-21,24-25,40-41H,1-6,9-10,22-23,26-27H2. The number of benzene rings is 3. The van der Waals surface area contributed by atoms with Crippen LogP contribution in [0.4, 0.5) is 18.9 Å². The van der Waals surface area contributed by atoms with E-state index in [2.05, 4.69) is 39.9 Å². The SMILES string of the molecule is O=C(c1ccc(NCCCCCCCCCCN2Cc3ccccc3C2)cc1)N1C=CC(c2ccc(C(F)(F)F)cc2)=CN1. The smallest absolute Gasteiger partial charge is 0.385 e. The van der Waals surface area contributed by atoms with E-state index in [0.29, 0.717) is 16.7 Å². The van der Waals surface area contributed by atoms with Crippen molar-refractivity contribution in [3.05, 3.63) is 119 Å². The quantitative estimate of drug-likeness (QED) is 0.181. The molecule has 8 heteroatoms. The highest BCUT2D eigenvalue weighted by Crippen LogP contribution is 2.30. The molecule has 2 aliphatic heterocycles. The Balaban J connectivity index is 0.908. The molecule has 2 aliphatic rings. The van der Waals surface area contributed by atoms with Crippen molar-refractivity contribution in [2.45, 2.75) is 70.6 Å². The molecule has 0 unspecified atom stereocenters. The van der Waals surface area contributed by atoms with Crippen molar-refractivity contribution < 1.29 is 18.0 Å². The minimum atomic E-state index is -4.37. The van der Waals surface area contributed by atoms with Crippen LogP contribution in [0, 0.1) is 0 Å². The van der Waals surface area contributed by atoms with Gasteiger partial charge in [-0.1, -0.05) is 74.9 Å². The van der Waals surface area contributed by atoms with Gasteiger partial charge in [-0.25, -0.2) is 5.01 Å². The second-order valence-corrected chi connectivity index (χ2v) is 11.6. The van der Waals surface area contributed by atoms with Crippen molar-refractivity contribution >= 4 is 17.2 Å². The normalized spacial score (nSPS) is 14.7. The number of fused-ring (bicyclic) bond motifs is 1. The van der Waals surface area contributed by atoms with Gasteiger partial charge in [0.05, 0.1) is 5.56 Å². The number of carbonyl (C=O) groups is 1. The molecule has 0 aliphatic carbocycles. The van der Waals surface area contributed by atoms with Gasteiger partial charge in [-0.2, -0.15) is 13.2 Å². The first-order valence-corrected chi connectivity index (χ1v) is 15.7. The second-order valence-electron chi connectivity index (χ2n) is 11.6. The number of hydrazine groups is 1. The van der Waals surface area contributed by atoms with Gasteiger partial charge in [-0.05, 0) is 78.6 Å². The van der Waals surface area contributed by atoms with Crippen molar-refractivity contribution in [2.75, 3.05) is 18.4 Å². The minimum Gasteiger partial charge on any atom is -0.385 e. The first-order chi connectivity index (χ1) is 21.4. The Bertz CT molecular complexity index is 1410. The zero-order valence-electron chi connectivity index (χ0n) is 25.1. The maximum absolute atomic E-state index is 12.9. The number of rotatable bonds is 14. The number of anilines is 1. The fourth-order valence-corrected chi connectivity index (χ4v) is 5.73. The summed E-state index contributed by atoms with van der Waals surface area (Å²) in [6.07, 6.45) is 10.6. The van der Waals surface area contributed by atoms with E-state index in [1.54, 1.807) is 30.6 Å². The third-order valence-corrected chi connectivity index (χ3v) is 8.30. The molecule has 3 aromatic carbocycles. The molecular weight excluding hydrogens is 561 g/mol. The number of nitrogens with zero attached hydrogens (tertiary/aromatic N) is 2. The third-order valence-electron chi connectivity index (χ3n) is 8.30. The maximum Gasteiger partial charge on any atom is 0.416 e. The highest BCUT2D eigenvalue weighted by atomic mass is 19.4. The summed E-state index contributed by atoms with van der Waals surface area (Å²) in [4.78, 5) is 15.5. The van der Waals surface area contributed by atoms with Crippen LogP contribution < -0.4 is 10.7 Å². The van der Waals surface area contributed by atoms with Crippen LogP contribution >= 0.6 is 0 Å². The highest BCUT2D eigenvalue weighted by molar-refractivity contribution is 5.95. The first kappa shape index (κ1) is 31.4. The largest absolute Gasteiger partial charge is 0.416 e. The van der Waals surface area contributed by atoms with E-state index in [0.717, 1.165) is 43.9 Å². The van der Waals surface area contributed by atoms with E-state index in [1.807, 2.05) is 12.1 Å². The number of alkyl halides is 3. The molecule has 0 saturated heterocycles. The average Bonchev–Trinajstić information content (AvgIpc) is 3.46. The van der Waals surface area contributed by atoms with E-state index in [1.165, 1.54) is 79.8 Å². The number of unbranched alkanes of at least 4 members (excludes halogenated alkanes) is 7. The van der Waals surface area contributed by atoms with Crippen molar-refractivity contribution in [2.24, 2.45) is 0 Å². The molecule has 2 N–H and O–H groups in total. The Morgan fingerprint density at radius 1 is 0.773 bits per heavy atom. The summed E-state index contributed by atoms with van der Waals surface area (Å²) in [5, 5.41) is 4.79. The van der Waals surface area contributed by atoms with E-state index in [-0.39, 0.29) is 5.91 Å². The second kappa shape index (κ2) is 15.1. The zero-order chi connectivity index (χ0) is 30.8. The van der Waals surface area contributed by atoms with Crippen LogP contribution in [0.5, 0.6) is 0 Å². The topological polar surface area (TPSA) is 47.6 Å². The Labute approximate surface area is 258 Å². The van der Waals surface area contributed by atoms with Gasteiger partial charge in [-0.15, -0.1) is 0 Å². The number of carbonyl (C=O) groups excluding carboxylic acids is 1. The van der Waals surface area contributed by atoms with Gasteiger partial charge in [0.25, 0.3) is 5.91 Å². The number of hydrogen-bond donors (Lipinski definition) is 2. The Morgan fingerprint density at radius 2 is 1.39 bits per heavy atom. The summed E-state index contributed by atoms with van der Waals surface area (Å²) < 4.78 is 38.4. The number of amides is 1. The van der Waals surface area contributed by atoms with Crippen LogP contribution in [0.2, 0.25) is 0 Å². The summed E-state index contributed by atoms with van der Waals surface area (Å²) in [6, 6.07) is 21.1. The molecule has 44 heavy (non-hydrogen) atoms. The molecular formula is C36H41F3N4O. The lowest BCUT2D eigenvalue weighted by Crippen LogP contribution is -2.36. The minimum absolute atomic E-state index is 0.225. The average molecular weight is 603 g/mol. The molecule has 0 saturated carbocycles. The molecule has 0 aromatic heterocycles. The summed E-state index contributed by atoms with van der Waals surface area (Å²) in [5.74, 6) is -0.225. The van der Waals surface area contributed by atoms with Crippen LogP contribution in [-0.2, 0) is 19.3 Å². The van der Waals surface area contributed by atoms with Crippen molar-refractivity contribution in [1.82, 2.24) is 15.3 Å². The Hall–Kier alpha value is -4.04. The number of hydrogen-bond acceptors (Lipinski definition) is 4. The fraction of sp³-hybridized carbons (Fsp3) is 0.361. The molecule has 2 heterocycles. The van der Waals surface area contributed by atoms with E-state index in [9.17, 15) is 18.0 Å². The van der Waals surface area contributed by atoms with Gasteiger partial charge in [0, 0.05) is 48.9 Å². The lowest BCUT2D eigenvalue weighted by atomic mass is 10.0. The fourth-order valence-electron chi connectivity index (χ4n) is 5.73. The van der Waals surface area contributed by atoms with Crippen molar-refractivity contribution in [3.8, 4) is 0 Å². The summed E-state index contributed by atoms with van der Waals surface area (Å²) in [6.45, 7) is 4.32.